The van der Waals surface area contributed by atoms with Crippen LogP contribution in [0.4, 0.5) is 0 Å². The highest BCUT2D eigenvalue weighted by molar-refractivity contribution is 9.10. The number of carbonyl (C=O) groups is 1. The van der Waals surface area contributed by atoms with Gasteiger partial charge in [0.25, 0.3) is 5.91 Å². The number of hydrogen-bond donors (Lipinski definition) is 2. The Kier molecular flexibility index (Phi) is 3.25. The van der Waals surface area contributed by atoms with E-state index >= 15 is 0 Å². The van der Waals surface area contributed by atoms with E-state index in [-0.39, 0.29) is 12.6 Å². The number of carbonyl (C=O) groups excluding carboxylic acids is 1. The Hall–Kier alpha value is -0.870. The molecule has 1 aromatic carbocycles. The van der Waals surface area contributed by atoms with E-state index in [0.29, 0.717) is 5.56 Å². The zero-order chi connectivity index (χ0) is 8.97. The molecule has 0 aliphatic carbocycles. The molecule has 0 heterocycles. The van der Waals surface area contributed by atoms with Gasteiger partial charge < -0.3 is 10.4 Å². The maximum atomic E-state index is 11.1. The van der Waals surface area contributed by atoms with Gasteiger partial charge in [-0.15, -0.1) is 0 Å². The molecule has 0 saturated heterocycles. The molecule has 0 aromatic heterocycles. The summed E-state index contributed by atoms with van der Waals surface area (Å²) in [4.78, 5) is 11.1. The summed E-state index contributed by atoms with van der Waals surface area (Å²) < 4.78 is 0.841. The predicted molar refractivity (Wildman–Crippen MR) is 48.7 cm³/mol. The smallest absolute Gasteiger partial charge is 0.253 e. The van der Waals surface area contributed by atoms with E-state index in [1.54, 1.807) is 18.2 Å². The predicted octanol–water partition coefficient (Wildman–Crippen LogP) is 1.13. The molecule has 0 radical (unpaired) electrons. The van der Waals surface area contributed by atoms with Crippen LogP contribution in [0.25, 0.3) is 0 Å². The first kappa shape index (κ1) is 9.22. The molecule has 2 N–H and O–H groups in total. The van der Waals surface area contributed by atoms with Crippen LogP contribution in [0.5, 0.6) is 0 Å². The Morgan fingerprint density at radius 1 is 1.58 bits per heavy atom. The number of hydrogen-bond acceptors (Lipinski definition) is 2. The van der Waals surface area contributed by atoms with Crippen molar-refractivity contribution >= 4 is 21.8 Å². The van der Waals surface area contributed by atoms with Gasteiger partial charge in [0.1, 0.15) is 6.73 Å². The summed E-state index contributed by atoms with van der Waals surface area (Å²) in [6.07, 6.45) is 0. The van der Waals surface area contributed by atoms with E-state index in [9.17, 15) is 4.79 Å². The molecule has 0 spiro atoms. The van der Waals surface area contributed by atoms with Crippen LogP contribution in [0.2, 0.25) is 0 Å². The van der Waals surface area contributed by atoms with Gasteiger partial charge in [0, 0.05) is 10.0 Å². The first-order valence-electron chi connectivity index (χ1n) is 3.38. The normalized spacial score (nSPS) is 9.50. The summed E-state index contributed by atoms with van der Waals surface area (Å²) in [5, 5.41) is 10.7. The fourth-order valence-corrected chi connectivity index (χ4v) is 1.20. The van der Waals surface area contributed by atoms with Crippen molar-refractivity contribution in [1.82, 2.24) is 5.32 Å². The highest BCUT2D eigenvalue weighted by Crippen LogP contribution is 2.11. The molecule has 12 heavy (non-hydrogen) atoms. The average Bonchev–Trinajstić information content (AvgIpc) is 2.05. The third kappa shape index (κ3) is 2.32. The SMILES string of the molecule is O=C(NCO)c1cccc(Br)c1. The molecule has 0 fully saturated rings. The monoisotopic (exact) mass is 229 g/mol. The highest BCUT2D eigenvalue weighted by atomic mass is 79.9. The van der Waals surface area contributed by atoms with Crippen LogP contribution in [-0.4, -0.2) is 17.7 Å². The second kappa shape index (κ2) is 4.23. The molecule has 0 aliphatic rings. The Balaban J connectivity index is 2.81. The zero-order valence-electron chi connectivity index (χ0n) is 6.25. The third-order valence-corrected chi connectivity index (χ3v) is 1.82. The number of amides is 1. The van der Waals surface area contributed by atoms with E-state index in [2.05, 4.69) is 21.2 Å². The number of aliphatic hydroxyl groups excluding tert-OH is 1. The van der Waals surface area contributed by atoms with Gasteiger partial charge in [-0.05, 0) is 18.2 Å². The maximum absolute atomic E-state index is 11.1. The molecule has 0 bridgehead atoms. The summed E-state index contributed by atoms with van der Waals surface area (Å²) in [5.41, 5.74) is 0.526. The molecular formula is C8H8BrNO2. The van der Waals surface area contributed by atoms with Crippen LogP contribution in [0.15, 0.2) is 28.7 Å². The van der Waals surface area contributed by atoms with Gasteiger partial charge in [-0.2, -0.15) is 0 Å². The first-order valence-corrected chi connectivity index (χ1v) is 4.18. The van der Waals surface area contributed by atoms with Gasteiger partial charge in [0.05, 0.1) is 0 Å². The van der Waals surface area contributed by atoms with Crippen molar-refractivity contribution in [3.8, 4) is 0 Å². The first-order chi connectivity index (χ1) is 5.74. The van der Waals surface area contributed by atoms with Crippen LogP contribution in [0.1, 0.15) is 10.4 Å². The number of aliphatic hydroxyl groups is 1. The van der Waals surface area contributed by atoms with Crippen LogP contribution in [0, 0.1) is 0 Å². The van der Waals surface area contributed by atoms with E-state index < -0.39 is 0 Å². The van der Waals surface area contributed by atoms with Crippen molar-refractivity contribution in [3.63, 3.8) is 0 Å². The van der Waals surface area contributed by atoms with E-state index in [4.69, 9.17) is 5.11 Å². The minimum Gasteiger partial charge on any atom is -0.376 e. The van der Waals surface area contributed by atoms with Gasteiger partial charge in [-0.3, -0.25) is 4.79 Å². The number of benzene rings is 1. The van der Waals surface area contributed by atoms with Crippen LogP contribution >= 0.6 is 15.9 Å². The van der Waals surface area contributed by atoms with Crippen LogP contribution in [0.3, 0.4) is 0 Å². The van der Waals surface area contributed by atoms with Crippen molar-refractivity contribution in [3.05, 3.63) is 34.3 Å². The molecule has 0 atom stereocenters. The Morgan fingerprint density at radius 3 is 2.92 bits per heavy atom. The summed E-state index contributed by atoms with van der Waals surface area (Å²) in [6.45, 7) is -0.342. The van der Waals surface area contributed by atoms with Gasteiger partial charge >= 0.3 is 0 Å². The molecule has 64 valence electrons. The highest BCUT2D eigenvalue weighted by Gasteiger charge is 2.02. The van der Waals surface area contributed by atoms with E-state index in [0.717, 1.165) is 4.47 Å². The zero-order valence-corrected chi connectivity index (χ0v) is 7.84. The fourth-order valence-electron chi connectivity index (χ4n) is 0.804. The molecule has 3 nitrogen and oxygen atoms in total. The van der Waals surface area contributed by atoms with Crippen molar-refractivity contribution < 1.29 is 9.90 Å². The minimum atomic E-state index is -0.342. The second-order valence-electron chi connectivity index (χ2n) is 2.17. The lowest BCUT2D eigenvalue weighted by Crippen LogP contribution is -2.23. The number of nitrogens with one attached hydrogen (secondary N) is 1. The number of halogens is 1. The summed E-state index contributed by atoms with van der Waals surface area (Å²) >= 11 is 3.24. The topological polar surface area (TPSA) is 49.3 Å². The molecule has 1 amide bonds. The van der Waals surface area contributed by atoms with Gasteiger partial charge in [-0.1, -0.05) is 22.0 Å². The van der Waals surface area contributed by atoms with Crippen LogP contribution < -0.4 is 5.32 Å². The quantitative estimate of drug-likeness (QED) is 0.748. The van der Waals surface area contributed by atoms with Crippen molar-refractivity contribution in [2.75, 3.05) is 6.73 Å². The van der Waals surface area contributed by atoms with Gasteiger partial charge in [0.2, 0.25) is 0 Å². The molecule has 0 aliphatic heterocycles. The average molecular weight is 230 g/mol. The second-order valence-corrected chi connectivity index (χ2v) is 3.09. The minimum absolute atomic E-state index is 0.279. The third-order valence-electron chi connectivity index (χ3n) is 1.33. The van der Waals surface area contributed by atoms with Gasteiger partial charge in [0.15, 0.2) is 0 Å². The molecule has 0 unspecified atom stereocenters. The lowest BCUT2D eigenvalue weighted by atomic mass is 10.2. The largest absolute Gasteiger partial charge is 0.376 e. The molecule has 1 rings (SSSR count). The standard InChI is InChI=1S/C8H8BrNO2/c9-7-3-1-2-6(4-7)8(12)10-5-11/h1-4,11H,5H2,(H,10,12). The van der Waals surface area contributed by atoms with Crippen molar-refractivity contribution in [2.24, 2.45) is 0 Å². The Bertz CT molecular complexity index is 288. The maximum Gasteiger partial charge on any atom is 0.253 e. The summed E-state index contributed by atoms with van der Waals surface area (Å²) in [5.74, 6) is -0.279. The van der Waals surface area contributed by atoms with Crippen molar-refractivity contribution in [1.29, 1.82) is 0 Å². The number of rotatable bonds is 2. The Labute approximate surface area is 78.5 Å². The van der Waals surface area contributed by atoms with E-state index in [1.165, 1.54) is 0 Å². The lowest BCUT2D eigenvalue weighted by molar-refractivity contribution is 0.0910. The molecular weight excluding hydrogens is 222 g/mol. The van der Waals surface area contributed by atoms with E-state index in [1.807, 2.05) is 6.07 Å². The summed E-state index contributed by atoms with van der Waals surface area (Å²) in [6, 6.07) is 6.95. The van der Waals surface area contributed by atoms with Gasteiger partial charge in [-0.25, -0.2) is 0 Å². The molecule has 0 saturated carbocycles. The molecule has 1 aromatic rings. The van der Waals surface area contributed by atoms with Crippen molar-refractivity contribution in [2.45, 2.75) is 0 Å². The Morgan fingerprint density at radius 2 is 2.33 bits per heavy atom. The molecule has 4 heteroatoms. The summed E-state index contributed by atoms with van der Waals surface area (Å²) in [7, 11) is 0. The van der Waals surface area contributed by atoms with Crippen LogP contribution in [-0.2, 0) is 0 Å². The lowest BCUT2D eigenvalue weighted by Gasteiger charge is -2.00. The fraction of sp³-hybridized carbons (Fsp3) is 0.125.